The van der Waals surface area contributed by atoms with E-state index < -0.39 is 10.0 Å². The van der Waals surface area contributed by atoms with Crippen LogP contribution in [0.5, 0.6) is 0 Å². The van der Waals surface area contributed by atoms with Gasteiger partial charge < -0.3 is 0 Å². The van der Waals surface area contributed by atoms with Crippen molar-refractivity contribution in [2.75, 3.05) is 25.6 Å². The molecule has 0 spiro atoms. The van der Waals surface area contributed by atoms with E-state index in [0.717, 1.165) is 11.3 Å². The molecule has 0 saturated heterocycles. The van der Waals surface area contributed by atoms with Crippen LogP contribution in [0, 0.1) is 6.92 Å². The lowest BCUT2D eigenvalue weighted by Gasteiger charge is -2.14. The van der Waals surface area contributed by atoms with Gasteiger partial charge in [-0.2, -0.15) is 0 Å². The maximum absolute atomic E-state index is 13.1. The van der Waals surface area contributed by atoms with Crippen molar-refractivity contribution < 1.29 is 8.42 Å². The molecule has 0 bridgehead atoms. The first-order valence-electron chi connectivity index (χ1n) is 8.91. The van der Waals surface area contributed by atoms with Crippen molar-refractivity contribution in [3.05, 3.63) is 64.4 Å². The number of hydrogen-bond donors (Lipinski definition) is 0. The van der Waals surface area contributed by atoms with Gasteiger partial charge in [-0.25, -0.2) is 17.7 Å². The van der Waals surface area contributed by atoms with Crippen LogP contribution in [0.25, 0.3) is 16.6 Å². The number of sulfonamides is 1. The number of aryl methyl sites for hydroxylation is 1. The van der Waals surface area contributed by atoms with Crippen molar-refractivity contribution in [1.82, 2.24) is 13.9 Å². The van der Waals surface area contributed by atoms with E-state index in [9.17, 15) is 13.2 Å². The molecule has 0 saturated carbocycles. The summed E-state index contributed by atoms with van der Waals surface area (Å²) in [7, 11) is -0.171. The molecule has 6 nitrogen and oxygen atoms in total. The molecule has 0 amide bonds. The number of benzene rings is 2. The topological polar surface area (TPSA) is 72.3 Å². The van der Waals surface area contributed by atoms with Crippen molar-refractivity contribution in [2.45, 2.75) is 18.5 Å². The molecule has 0 aliphatic rings. The third kappa shape index (κ3) is 4.45. The lowest BCUT2D eigenvalue weighted by Crippen LogP contribution is -2.25. The third-order valence-electron chi connectivity index (χ3n) is 4.37. The molecule has 3 rings (SSSR count). The molecule has 1 aromatic heterocycles. The summed E-state index contributed by atoms with van der Waals surface area (Å²) in [5, 5.41) is 1.12. The summed E-state index contributed by atoms with van der Waals surface area (Å²) in [6.45, 7) is 1.99. The van der Waals surface area contributed by atoms with Gasteiger partial charge in [0.1, 0.15) is 0 Å². The zero-order valence-electron chi connectivity index (χ0n) is 16.1. The molecule has 2 aromatic carbocycles. The fourth-order valence-electron chi connectivity index (χ4n) is 2.72. The Balaban J connectivity index is 1.95. The number of nitrogens with zero attached hydrogens (tertiary/aromatic N) is 3. The summed E-state index contributed by atoms with van der Waals surface area (Å²) in [6.07, 6.45) is 0.474. The summed E-state index contributed by atoms with van der Waals surface area (Å²) >= 11 is 1.40. The van der Waals surface area contributed by atoms with E-state index in [2.05, 4.69) is 4.98 Å². The minimum absolute atomic E-state index is 0.0648. The van der Waals surface area contributed by atoms with Crippen molar-refractivity contribution >= 4 is 32.7 Å². The van der Waals surface area contributed by atoms with Crippen LogP contribution in [0.1, 0.15) is 12.0 Å². The predicted molar refractivity (Wildman–Crippen MR) is 115 cm³/mol. The fraction of sp³-hybridized carbons (Fsp3) is 0.300. The van der Waals surface area contributed by atoms with Crippen molar-refractivity contribution in [1.29, 1.82) is 0 Å². The summed E-state index contributed by atoms with van der Waals surface area (Å²) in [5.41, 5.74) is 2.36. The van der Waals surface area contributed by atoms with E-state index in [4.69, 9.17) is 0 Å². The van der Waals surface area contributed by atoms with Crippen molar-refractivity contribution in [3.63, 3.8) is 0 Å². The maximum atomic E-state index is 13.1. The van der Waals surface area contributed by atoms with Crippen molar-refractivity contribution in [2.24, 2.45) is 0 Å². The highest BCUT2D eigenvalue weighted by Gasteiger charge is 2.15. The largest absolute Gasteiger partial charge is 0.268 e. The number of para-hydroxylation sites is 1. The molecule has 28 heavy (non-hydrogen) atoms. The maximum Gasteiger partial charge on any atom is 0.266 e. The van der Waals surface area contributed by atoms with Gasteiger partial charge >= 0.3 is 0 Å². The first kappa shape index (κ1) is 20.6. The first-order valence-corrected chi connectivity index (χ1v) is 11.5. The van der Waals surface area contributed by atoms with Gasteiger partial charge in [0, 0.05) is 19.8 Å². The average molecular weight is 418 g/mol. The Kier molecular flexibility index (Phi) is 6.22. The minimum atomic E-state index is -3.23. The van der Waals surface area contributed by atoms with Gasteiger partial charge in [0.05, 0.1) is 22.3 Å². The number of rotatable bonds is 7. The summed E-state index contributed by atoms with van der Waals surface area (Å²) < 4.78 is 26.7. The van der Waals surface area contributed by atoms with Crippen molar-refractivity contribution in [3.8, 4) is 5.69 Å². The number of hydrogen-bond acceptors (Lipinski definition) is 5. The number of fused-ring (bicyclic) bond motifs is 1. The van der Waals surface area contributed by atoms with Crippen LogP contribution >= 0.6 is 11.8 Å². The van der Waals surface area contributed by atoms with E-state index in [0.29, 0.717) is 28.2 Å². The number of aromatic nitrogens is 2. The van der Waals surface area contributed by atoms with E-state index in [1.54, 1.807) is 10.6 Å². The standard InChI is InChI=1S/C20H23N3O3S2/c1-15-9-11-16(12-10-15)23-19(24)17-7-4-5-8-18(17)21-20(23)27-13-6-14-28(25,26)22(2)3/h4-5,7-12H,6,13-14H2,1-3H3. The molecule has 0 radical (unpaired) electrons. The second-order valence-corrected chi connectivity index (χ2v) is 10.1. The van der Waals surface area contributed by atoms with Crippen LogP contribution in [0.4, 0.5) is 0 Å². The lowest BCUT2D eigenvalue weighted by atomic mass is 10.2. The van der Waals surface area contributed by atoms with Crippen LogP contribution < -0.4 is 5.56 Å². The normalized spacial score (nSPS) is 12.0. The van der Waals surface area contributed by atoms with E-state index in [-0.39, 0.29) is 11.3 Å². The summed E-state index contributed by atoms with van der Waals surface area (Å²) in [5.74, 6) is 0.610. The number of thioether (sulfide) groups is 1. The van der Waals surface area contributed by atoms with Gasteiger partial charge in [-0.15, -0.1) is 0 Å². The molecule has 0 N–H and O–H groups in total. The zero-order valence-corrected chi connectivity index (χ0v) is 17.8. The highest BCUT2D eigenvalue weighted by molar-refractivity contribution is 7.99. The smallest absolute Gasteiger partial charge is 0.266 e. The molecule has 0 fully saturated rings. The first-order chi connectivity index (χ1) is 13.3. The average Bonchev–Trinajstić information content (AvgIpc) is 2.66. The van der Waals surface area contributed by atoms with Gasteiger partial charge in [-0.3, -0.25) is 9.36 Å². The molecular weight excluding hydrogens is 394 g/mol. The Labute approximate surface area is 169 Å². The lowest BCUT2D eigenvalue weighted by molar-refractivity contribution is 0.520. The molecule has 148 valence electrons. The summed E-state index contributed by atoms with van der Waals surface area (Å²) in [4.78, 5) is 17.8. The van der Waals surface area contributed by atoms with Crippen LogP contribution in [-0.4, -0.2) is 47.9 Å². The Bertz CT molecular complexity index is 1140. The second kappa shape index (κ2) is 8.46. The highest BCUT2D eigenvalue weighted by Crippen LogP contribution is 2.22. The predicted octanol–water partition coefficient (Wildman–Crippen LogP) is 3.07. The SMILES string of the molecule is Cc1ccc(-n2c(SCCCS(=O)(=O)N(C)C)nc3ccccc3c2=O)cc1. The molecule has 0 aliphatic carbocycles. The Morgan fingerprint density at radius 3 is 2.43 bits per heavy atom. The van der Waals surface area contributed by atoms with Gasteiger partial charge in [0.25, 0.3) is 5.56 Å². The van der Waals surface area contributed by atoms with Gasteiger partial charge in [0.15, 0.2) is 5.16 Å². The Morgan fingerprint density at radius 1 is 1.07 bits per heavy atom. The minimum Gasteiger partial charge on any atom is -0.268 e. The van der Waals surface area contributed by atoms with Crippen LogP contribution in [0.15, 0.2) is 58.5 Å². The second-order valence-electron chi connectivity index (χ2n) is 6.69. The molecule has 1 heterocycles. The van der Waals surface area contributed by atoms with Gasteiger partial charge in [-0.1, -0.05) is 41.6 Å². The van der Waals surface area contributed by atoms with Gasteiger partial charge in [-0.05, 0) is 37.6 Å². The van der Waals surface area contributed by atoms with E-state index in [1.165, 1.54) is 30.2 Å². The van der Waals surface area contributed by atoms with Crippen LogP contribution in [0.3, 0.4) is 0 Å². The Hall–Kier alpha value is -2.16. The zero-order chi connectivity index (χ0) is 20.3. The van der Waals surface area contributed by atoms with Crippen LogP contribution in [0.2, 0.25) is 0 Å². The molecular formula is C20H23N3O3S2. The molecule has 3 aromatic rings. The van der Waals surface area contributed by atoms with Crippen LogP contribution in [-0.2, 0) is 10.0 Å². The fourth-order valence-corrected chi connectivity index (χ4v) is 4.73. The van der Waals surface area contributed by atoms with Gasteiger partial charge in [0.2, 0.25) is 10.0 Å². The highest BCUT2D eigenvalue weighted by atomic mass is 32.2. The monoisotopic (exact) mass is 417 g/mol. The van der Waals surface area contributed by atoms with E-state index in [1.807, 2.05) is 49.4 Å². The third-order valence-corrected chi connectivity index (χ3v) is 7.31. The molecule has 0 atom stereocenters. The molecule has 0 unspecified atom stereocenters. The molecule has 0 aliphatic heterocycles. The molecule has 8 heteroatoms. The van der Waals surface area contributed by atoms with E-state index >= 15 is 0 Å². The Morgan fingerprint density at radius 2 is 1.75 bits per heavy atom. The quantitative estimate of drug-likeness (QED) is 0.336. The summed E-state index contributed by atoms with van der Waals surface area (Å²) in [6, 6.07) is 15.0.